The number of ketones is 1. The molecule has 0 saturated carbocycles. The number of carbonyl (C=O) groups is 2. The fourth-order valence-electron chi connectivity index (χ4n) is 4.87. The summed E-state index contributed by atoms with van der Waals surface area (Å²) in [5, 5.41) is 6.00. The van der Waals surface area contributed by atoms with E-state index in [0.717, 1.165) is 5.70 Å². The topological polar surface area (TPSA) is 76.7 Å². The maximum absolute atomic E-state index is 14.3. The van der Waals surface area contributed by atoms with Crippen LogP contribution in [-0.2, 0) is 9.59 Å². The minimum absolute atomic E-state index is 0.0303. The molecule has 0 fully saturated rings. The summed E-state index contributed by atoms with van der Waals surface area (Å²) < 4.78 is 25.4. The first kappa shape index (κ1) is 23.5. The molecule has 7 heteroatoms. The summed E-state index contributed by atoms with van der Waals surface area (Å²) in [6.45, 7) is 5.90. The standard InChI is InChI=1S/C27H29FN2O4/c1-15-23(26(32)30-19-9-7-6-8-18(19)28)24(17-12-16(33-4)10-11-22(17)34-5)25-20(29-15)13-27(2,3)14-21(25)31/h6-12,24,29H,13-14H2,1-5H3,(H,30,32)/t24-/m0/s1. The molecule has 1 aliphatic heterocycles. The monoisotopic (exact) mass is 464 g/mol. The Kier molecular flexibility index (Phi) is 6.21. The first-order valence-electron chi connectivity index (χ1n) is 11.2. The third kappa shape index (κ3) is 4.30. The average Bonchev–Trinajstić information content (AvgIpc) is 2.78. The molecule has 1 amide bonds. The Hall–Kier alpha value is -3.61. The van der Waals surface area contributed by atoms with Gasteiger partial charge in [0.05, 0.1) is 25.8 Å². The number of hydrogen-bond donors (Lipinski definition) is 2. The van der Waals surface area contributed by atoms with E-state index in [1.807, 2.05) is 0 Å². The summed E-state index contributed by atoms with van der Waals surface area (Å²) in [5.41, 5.74) is 2.78. The van der Waals surface area contributed by atoms with Gasteiger partial charge in [0.1, 0.15) is 17.3 Å². The number of Topliss-reactive ketones (excluding diaryl/α,β-unsaturated/α-hetero) is 1. The molecule has 0 unspecified atom stereocenters. The average molecular weight is 465 g/mol. The Morgan fingerprint density at radius 2 is 1.85 bits per heavy atom. The predicted octanol–water partition coefficient (Wildman–Crippen LogP) is 5.09. The van der Waals surface area contributed by atoms with Gasteiger partial charge in [0.2, 0.25) is 0 Å². The van der Waals surface area contributed by atoms with Crippen molar-refractivity contribution in [3.8, 4) is 11.5 Å². The zero-order valence-electron chi connectivity index (χ0n) is 20.0. The highest BCUT2D eigenvalue weighted by molar-refractivity contribution is 6.10. The normalized spacial score (nSPS) is 19.4. The smallest absolute Gasteiger partial charge is 0.254 e. The van der Waals surface area contributed by atoms with Crippen LogP contribution in [0.2, 0.25) is 0 Å². The molecular weight excluding hydrogens is 435 g/mol. The van der Waals surface area contributed by atoms with Crippen LogP contribution in [0.15, 0.2) is 65.0 Å². The highest BCUT2D eigenvalue weighted by atomic mass is 19.1. The fourth-order valence-corrected chi connectivity index (χ4v) is 4.87. The lowest BCUT2D eigenvalue weighted by Gasteiger charge is -2.40. The van der Waals surface area contributed by atoms with Crippen molar-refractivity contribution in [3.63, 3.8) is 0 Å². The number of amides is 1. The molecule has 2 N–H and O–H groups in total. The van der Waals surface area contributed by atoms with Gasteiger partial charge >= 0.3 is 0 Å². The molecule has 0 aromatic heterocycles. The summed E-state index contributed by atoms with van der Waals surface area (Å²) in [7, 11) is 3.10. The second kappa shape index (κ2) is 8.97. The number of nitrogens with one attached hydrogen (secondary N) is 2. The highest BCUT2D eigenvalue weighted by Crippen LogP contribution is 2.49. The van der Waals surface area contributed by atoms with Gasteiger partial charge in [-0.15, -0.1) is 0 Å². The summed E-state index contributed by atoms with van der Waals surface area (Å²) in [6, 6.07) is 11.3. The van der Waals surface area contributed by atoms with Gasteiger partial charge in [0, 0.05) is 34.5 Å². The van der Waals surface area contributed by atoms with E-state index in [2.05, 4.69) is 24.5 Å². The maximum atomic E-state index is 14.3. The van der Waals surface area contributed by atoms with Crippen LogP contribution in [0, 0.1) is 11.2 Å². The van der Waals surface area contributed by atoms with E-state index in [1.165, 1.54) is 12.1 Å². The van der Waals surface area contributed by atoms with Gasteiger partial charge in [-0.05, 0) is 49.1 Å². The molecule has 2 aromatic rings. The number of anilines is 1. The lowest BCUT2D eigenvalue weighted by atomic mass is 9.68. The maximum Gasteiger partial charge on any atom is 0.254 e. The van der Waals surface area contributed by atoms with Crippen LogP contribution in [0.4, 0.5) is 10.1 Å². The van der Waals surface area contributed by atoms with Crippen LogP contribution in [-0.4, -0.2) is 25.9 Å². The van der Waals surface area contributed by atoms with Crippen molar-refractivity contribution < 1.29 is 23.5 Å². The Labute approximate surface area is 198 Å². The Bertz CT molecular complexity index is 1230. The molecule has 4 rings (SSSR count). The van der Waals surface area contributed by atoms with E-state index in [1.54, 1.807) is 51.5 Å². The van der Waals surface area contributed by atoms with Crippen LogP contribution >= 0.6 is 0 Å². The lowest BCUT2D eigenvalue weighted by molar-refractivity contribution is -0.118. The minimum Gasteiger partial charge on any atom is -0.497 e. The molecule has 2 aliphatic rings. The summed E-state index contributed by atoms with van der Waals surface area (Å²) >= 11 is 0. The molecule has 0 radical (unpaired) electrons. The molecule has 178 valence electrons. The van der Waals surface area contributed by atoms with E-state index in [4.69, 9.17) is 9.47 Å². The number of dihydropyridines is 1. The lowest BCUT2D eigenvalue weighted by Crippen LogP contribution is -2.39. The third-order valence-corrected chi connectivity index (χ3v) is 6.35. The number of benzene rings is 2. The number of para-hydroxylation sites is 1. The van der Waals surface area contributed by atoms with Crippen molar-refractivity contribution in [2.75, 3.05) is 19.5 Å². The number of halogens is 1. The van der Waals surface area contributed by atoms with Crippen LogP contribution < -0.4 is 20.1 Å². The quantitative estimate of drug-likeness (QED) is 0.645. The minimum atomic E-state index is -0.698. The number of methoxy groups -OCH3 is 2. The number of rotatable bonds is 5. The van der Waals surface area contributed by atoms with Gasteiger partial charge in [-0.1, -0.05) is 26.0 Å². The van der Waals surface area contributed by atoms with Crippen molar-refractivity contribution >= 4 is 17.4 Å². The molecule has 1 atom stereocenters. The first-order chi connectivity index (χ1) is 16.1. The summed E-state index contributed by atoms with van der Waals surface area (Å²) in [5.74, 6) is -0.653. The number of carbonyl (C=O) groups excluding carboxylic acids is 2. The third-order valence-electron chi connectivity index (χ3n) is 6.35. The zero-order chi connectivity index (χ0) is 24.6. The van der Waals surface area contributed by atoms with Gasteiger partial charge in [0.25, 0.3) is 5.91 Å². The Balaban J connectivity index is 1.89. The highest BCUT2D eigenvalue weighted by Gasteiger charge is 2.43. The number of allylic oxidation sites excluding steroid dienone is 3. The molecule has 0 spiro atoms. The molecule has 1 aliphatic carbocycles. The summed E-state index contributed by atoms with van der Waals surface area (Å²) in [4.78, 5) is 27.1. The van der Waals surface area contributed by atoms with Crippen molar-refractivity contribution in [1.29, 1.82) is 0 Å². The van der Waals surface area contributed by atoms with Crippen LogP contribution in [0.3, 0.4) is 0 Å². The largest absolute Gasteiger partial charge is 0.497 e. The Morgan fingerprint density at radius 3 is 2.53 bits per heavy atom. The molecule has 0 bridgehead atoms. The first-order valence-corrected chi connectivity index (χ1v) is 11.2. The van der Waals surface area contributed by atoms with Gasteiger partial charge in [-0.3, -0.25) is 9.59 Å². The van der Waals surface area contributed by atoms with E-state index >= 15 is 0 Å². The SMILES string of the molecule is COc1ccc(OC)c([C@H]2C(C(=O)Nc3ccccc3F)=C(C)NC3=C2C(=O)CC(C)(C)C3)c1. The van der Waals surface area contributed by atoms with E-state index in [9.17, 15) is 14.0 Å². The predicted molar refractivity (Wildman–Crippen MR) is 128 cm³/mol. The van der Waals surface area contributed by atoms with Gasteiger partial charge in [0.15, 0.2) is 5.78 Å². The second-order valence-electron chi connectivity index (χ2n) is 9.47. The zero-order valence-corrected chi connectivity index (χ0v) is 20.0. The van der Waals surface area contributed by atoms with E-state index < -0.39 is 17.6 Å². The van der Waals surface area contributed by atoms with Crippen molar-refractivity contribution in [3.05, 3.63) is 76.4 Å². The molecule has 6 nitrogen and oxygen atoms in total. The van der Waals surface area contributed by atoms with Gasteiger partial charge in [-0.2, -0.15) is 0 Å². The van der Waals surface area contributed by atoms with Crippen LogP contribution in [0.25, 0.3) is 0 Å². The van der Waals surface area contributed by atoms with E-state index in [0.29, 0.717) is 46.7 Å². The summed E-state index contributed by atoms with van der Waals surface area (Å²) in [6.07, 6.45) is 1.02. The Morgan fingerprint density at radius 1 is 1.12 bits per heavy atom. The second-order valence-corrected chi connectivity index (χ2v) is 9.47. The molecule has 2 aromatic carbocycles. The number of hydrogen-bond acceptors (Lipinski definition) is 5. The molecule has 34 heavy (non-hydrogen) atoms. The van der Waals surface area contributed by atoms with Crippen molar-refractivity contribution in [2.24, 2.45) is 5.41 Å². The van der Waals surface area contributed by atoms with Gasteiger partial charge < -0.3 is 20.1 Å². The number of ether oxygens (including phenoxy) is 2. The van der Waals surface area contributed by atoms with Crippen molar-refractivity contribution in [1.82, 2.24) is 5.32 Å². The molecule has 1 heterocycles. The van der Waals surface area contributed by atoms with E-state index in [-0.39, 0.29) is 16.9 Å². The fraction of sp³-hybridized carbons (Fsp3) is 0.333. The molecule has 0 saturated heterocycles. The van der Waals surface area contributed by atoms with Crippen molar-refractivity contribution in [2.45, 2.75) is 39.5 Å². The van der Waals surface area contributed by atoms with Crippen LogP contribution in [0.1, 0.15) is 45.1 Å². The molecular formula is C27H29FN2O4. The van der Waals surface area contributed by atoms with Gasteiger partial charge in [-0.25, -0.2) is 4.39 Å². The van der Waals surface area contributed by atoms with Crippen LogP contribution in [0.5, 0.6) is 11.5 Å².